The molecule has 0 saturated carbocycles. The summed E-state index contributed by atoms with van der Waals surface area (Å²) in [6.45, 7) is 6.27. The van der Waals surface area contributed by atoms with Crippen molar-refractivity contribution in [2.75, 3.05) is 6.54 Å². The fourth-order valence-electron chi connectivity index (χ4n) is 2.21. The third kappa shape index (κ3) is 3.29. The molecule has 0 radical (unpaired) electrons. The lowest BCUT2D eigenvalue weighted by molar-refractivity contribution is 0.0221. The monoisotopic (exact) mass is 278 g/mol. The molecule has 108 valence electrons. The van der Waals surface area contributed by atoms with Crippen molar-refractivity contribution in [2.45, 2.75) is 39.3 Å². The number of hydrogen-bond acceptors (Lipinski definition) is 5. The lowest BCUT2D eigenvalue weighted by atomic mass is 9.75. The summed E-state index contributed by atoms with van der Waals surface area (Å²) in [5.74, 6) is 0. The van der Waals surface area contributed by atoms with Crippen molar-refractivity contribution in [3.8, 4) is 0 Å². The van der Waals surface area contributed by atoms with Gasteiger partial charge < -0.3 is 19.7 Å². The van der Waals surface area contributed by atoms with Crippen LogP contribution in [0.3, 0.4) is 0 Å². The lowest BCUT2D eigenvalue weighted by Gasteiger charge is -2.31. The number of carbonyl (C=O) groups is 1. The van der Waals surface area contributed by atoms with Crippen LogP contribution in [-0.2, 0) is 17.7 Å². The van der Waals surface area contributed by atoms with Gasteiger partial charge in [0.05, 0.1) is 12.2 Å². The highest BCUT2D eigenvalue weighted by Crippen LogP contribution is 2.18. The zero-order valence-electron chi connectivity index (χ0n) is 12.0. The molecule has 2 heterocycles. The van der Waals surface area contributed by atoms with Crippen molar-refractivity contribution in [3.05, 3.63) is 23.5 Å². The third-order valence-corrected chi connectivity index (χ3v) is 3.08. The van der Waals surface area contributed by atoms with Crippen molar-refractivity contribution in [1.29, 1.82) is 0 Å². The van der Waals surface area contributed by atoms with Crippen LogP contribution in [0.4, 0.5) is 4.79 Å². The SMILES string of the molecule is CC(C)(C)OC(=O)N1CCc2c(B(O)O)ccnc2C1. The average molecular weight is 278 g/mol. The van der Waals surface area contributed by atoms with Gasteiger partial charge in [0.2, 0.25) is 0 Å². The molecule has 2 rings (SSSR count). The smallest absolute Gasteiger partial charge is 0.444 e. The molecule has 1 aliphatic rings. The van der Waals surface area contributed by atoms with Gasteiger partial charge in [-0.25, -0.2) is 4.79 Å². The predicted molar refractivity (Wildman–Crippen MR) is 74.4 cm³/mol. The van der Waals surface area contributed by atoms with Gasteiger partial charge in [0.1, 0.15) is 5.60 Å². The number of hydrogen-bond donors (Lipinski definition) is 2. The maximum absolute atomic E-state index is 12.0. The Bertz CT molecular complexity index is 514. The summed E-state index contributed by atoms with van der Waals surface area (Å²) in [7, 11) is -1.51. The van der Waals surface area contributed by atoms with Crippen molar-refractivity contribution >= 4 is 18.7 Å². The Morgan fingerprint density at radius 2 is 2.15 bits per heavy atom. The van der Waals surface area contributed by atoms with Crippen LogP contribution in [0.5, 0.6) is 0 Å². The first-order valence-corrected chi connectivity index (χ1v) is 6.58. The van der Waals surface area contributed by atoms with Crippen LogP contribution in [0, 0.1) is 0 Å². The van der Waals surface area contributed by atoms with Crippen molar-refractivity contribution in [2.24, 2.45) is 0 Å². The topological polar surface area (TPSA) is 82.9 Å². The Kier molecular flexibility index (Phi) is 4.01. The molecule has 6 nitrogen and oxygen atoms in total. The number of rotatable bonds is 1. The fraction of sp³-hybridized carbons (Fsp3) is 0.538. The van der Waals surface area contributed by atoms with Crippen LogP contribution in [0.1, 0.15) is 32.0 Å². The zero-order chi connectivity index (χ0) is 14.9. The fourth-order valence-corrected chi connectivity index (χ4v) is 2.21. The highest BCUT2D eigenvalue weighted by molar-refractivity contribution is 6.59. The molecule has 1 aromatic heterocycles. The first kappa shape index (κ1) is 14.8. The lowest BCUT2D eigenvalue weighted by Crippen LogP contribution is -2.43. The van der Waals surface area contributed by atoms with Crippen LogP contribution < -0.4 is 5.46 Å². The van der Waals surface area contributed by atoms with E-state index in [1.165, 1.54) is 6.20 Å². The minimum atomic E-state index is -1.51. The molecule has 0 bridgehead atoms. The second kappa shape index (κ2) is 5.42. The van der Waals surface area contributed by atoms with Crippen LogP contribution in [0.25, 0.3) is 0 Å². The summed E-state index contributed by atoms with van der Waals surface area (Å²) in [5, 5.41) is 18.7. The number of aromatic nitrogens is 1. The zero-order valence-corrected chi connectivity index (χ0v) is 12.0. The molecule has 0 aliphatic carbocycles. The molecule has 0 unspecified atom stereocenters. The normalized spacial score (nSPS) is 14.8. The molecule has 2 N–H and O–H groups in total. The van der Waals surface area contributed by atoms with Crippen LogP contribution in [0.15, 0.2) is 12.3 Å². The van der Waals surface area contributed by atoms with Gasteiger partial charge in [-0.2, -0.15) is 0 Å². The maximum Gasteiger partial charge on any atom is 0.488 e. The van der Waals surface area contributed by atoms with Gasteiger partial charge in [0, 0.05) is 12.7 Å². The minimum absolute atomic E-state index is 0.324. The predicted octanol–water partition coefficient (Wildman–Crippen LogP) is 0.0546. The Morgan fingerprint density at radius 1 is 1.45 bits per heavy atom. The van der Waals surface area contributed by atoms with Crippen LogP contribution in [0.2, 0.25) is 0 Å². The van der Waals surface area contributed by atoms with Gasteiger partial charge in [-0.15, -0.1) is 0 Å². The number of pyridine rings is 1. The van der Waals surface area contributed by atoms with E-state index in [4.69, 9.17) is 4.74 Å². The summed E-state index contributed by atoms with van der Waals surface area (Å²) in [4.78, 5) is 17.8. The van der Waals surface area contributed by atoms with Crippen molar-refractivity contribution in [3.63, 3.8) is 0 Å². The molecule has 0 saturated heterocycles. The largest absolute Gasteiger partial charge is 0.488 e. The minimum Gasteiger partial charge on any atom is -0.444 e. The van der Waals surface area contributed by atoms with Crippen LogP contribution in [-0.4, -0.2) is 45.3 Å². The Morgan fingerprint density at radius 3 is 2.75 bits per heavy atom. The third-order valence-electron chi connectivity index (χ3n) is 3.08. The number of nitrogens with zero attached hydrogens (tertiary/aromatic N) is 2. The van der Waals surface area contributed by atoms with E-state index < -0.39 is 12.7 Å². The molecule has 1 aliphatic heterocycles. The van der Waals surface area contributed by atoms with Crippen molar-refractivity contribution < 1.29 is 19.6 Å². The molecule has 0 spiro atoms. The molecule has 0 atom stereocenters. The number of carbonyl (C=O) groups excluding carboxylic acids is 1. The van der Waals surface area contributed by atoms with Crippen molar-refractivity contribution in [1.82, 2.24) is 9.88 Å². The average Bonchev–Trinajstić information content (AvgIpc) is 2.35. The van der Waals surface area contributed by atoms with Gasteiger partial charge in [0.15, 0.2) is 0 Å². The standard InChI is InChI=1S/C13H19BN2O4/c1-13(2,3)20-12(17)16-7-5-9-10(14(18)19)4-6-15-11(9)8-16/h4,6,18-19H,5,7-8H2,1-3H3. The van der Waals surface area contributed by atoms with E-state index in [-0.39, 0.29) is 6.09 Å². The van der Waals surface area contributed by atoms with E-state index in [1.54, 1.807) is 11.0 Å². The van der Waals surface area contributed by atoms with Gasteiger partial charge >= 0.3 is 13.2 Å². The molecule has 1 amide bonds. The van der Waals surface area contributed by atoms with Gasteiger partial charge in [0.25, 0.3) is 0 Å². The first-order valence-electron chi connectivity index (χ1n) is 6.58. The molecular weight excluding hydrogens is 259 g/mol. The van der Waals surface area contributed by atoms with Gasteiger partial charge in [-0.3, -0.25) is 4.98 Å². The number of amides is 1. The van der Waals surface area contributed by atoms with Gasteiger partial charge in [-0.05, 0) is 44.3 Å². The Hall–Kier alpha value is -1.60. The molecule has 0 aromatic carbocycles. The highest BCUT2D eigenvalue weighted by atomic mass is 16.6. The van der Waals surface area contributed by atoms with E-state index in [1.807, 2.05) is 20.8 Å². The summed E-state index contributed by atoms with van der Waals surface area (Å²) in [5.41, 5.74) is 1.42. The van der Waals surface area contributed by atoms with E-state index in [0.717, 1.165) is 5.56 Å². The number of ether oxygens (including phenoxy) is 1. The summed E-state index contributed by atoms with van der Waals surface area (Å²) in [6, 6.07) is 1.59. The quantitative estimate of drug-likeness (QED) is 0.709. The first-order chi connectivity index (χ1) is 9.28. The van der Waals surface area contributed by atoms with E-state index in [0.29, 0.717) is 30.7 Å². The molecule has 7 heteroatoms. The summed E-state index contributed by atoms with van der Waals surface area (Å²) >= 11 is 0. The second-order valence-electron chi connectivity index (χ2n) is 5.85. The highest BCUT2D eigenvalue weighted by Gasteiger charge is 2.29. The molecule has 0 fully saturated rings. The van der Waals surface area contributed by atoms with Crippen LogP contribution >= 0.6 is 0 Å². The Labute approximate surface area is 118 Å². The van der Waals surface area contributed by atoms with E-state index in [2.05, 4.69) is 4.98 Å². The molecule has 20 heavy (non-hydrogen) atoms. The van der Waals surface area contributed by atoms with E-state index >= 15 is 0 Å². The number of fused-ring (bicyclic) bond motifs is 1. The molecule has 1 aromatic rings. The van der Waals surface area contributed by atoms with E-state index in [9.17, 15) is 14.8 Å². The Balaban J connectivity index is 2.16. The summed E-state index contributed by atoms with van der Waals surface area (Å²) in [6.07, 6.45) is 1.68. The van der Waals surface area contributed by atoms with Gasteiger partial charge in [-0.1, -0.05) is 0 Å². The molecular formula is C13H19BN2O4. The summed E-state index contributed by atoms with van der Waals surface area (Å²) < 4.78 is 5.33. The second-order valence-corrected chi connectivity index (χ2v) is 5.85. The maximum atomic E-state index is 12.0.